The molecule has 1 N–H and O–H groups in total. The lowest BCUT2D eigenvalue weighted by atomic mass is 10.0. The molecule has 0 spiro atoms. The van der Waals surface area contributed by atoms with Crippen LogP contribution in [0.25, 0.3) is 0 Å². The first-order valence-electron chi connectivity index (χ1n) is 8.38. The van der Waals surface area contributed by atoms with Gasteiger partial charge in [-0.2, -0.15) is 5.10 Å². The zero-order chi connectivity index (χ0) is 17.1. The van der Waals surface area contributed by atoms with E-state index in [0.29, 0.717) is 18.9 Å². The fourth-order valence-electron chi connectivity index (χ4n) is 3.45. The maximum absolute atomic E-state index is 12.7. The second kappa shape index (κ2) is 6.98. The summed E-state index contributed by atoms with van der Waals surface area (Å²) >= 11 is 0. The summed E-state index contributed by atoms with van der Waals surface area (Å²) in [4.78, 5) is 22.9. The van der Waals surface area contributed by atoms with Gasteiger partial charge in [-0.05, 0) is 32.8 Å². The Balaban J connectivity index is 1.63. The molecule has 24 heavy (non-hydrogen) atoms. The molecule has 1 atom stereocenters. The van der Waals surface area contributed by atoms with Crippen molar-refractivity contribution in [3.63, 3.8) is 0 Å². The van der Waals surface area contributed by atoms with Crippen LogP contribution in [0.15, 0.2) is 18.5 Å². The Morgan fingerprint density at radius 3 is 2.75 bits per heavy atom. The first kappa shape index (κ1) is 16.4. The highest BCUT2D eigenvalue weighted by Gasteiger charge is 2.33. The summed E-state index contributed by atoms with van der Waals surface area (Å²) in [6.45, 7) is 5.46. The van der Waals surface area contributed by atoms with Crippen LogP contribution in [-0.4, -0.2) is 43.6 Å². The largest absolute Gasteiger partial charge is 0.354 e. The summed E-state index contributed by atoms with van der Waals surface area (Å²) in [5.74, 6) is 0.728. The van der Waals surface area contributed by atoms with Crippen LogP contribution in [0.2, 0.25) is 0 Å². The van der Waals surface area contributed by atoms with Gasteiger partial charge in [-0.1, -0.05) is 0 Å². The van der Waals surface area contributed by atoms with E-state index in [4.69, 9.17) is 0 Å². The fraction of sp³-hybridized carbons (Fsp3) is 0.529. The zero-order valence-electron chi connectivity index (χ0n) is 14.5. The number of carbonyl (C=O) groups is 1. The minimum atomic E-state index is 0.152. The van der Waals surface area contributed by atoms with E-state index in [-0.39, 0.29) is 11.9 Å². The highest BCUT2D eigenvalue weighted by atomic mass is 16.2. The third-order valence-corrected chi connectivity index (χ3v) is 4.66. The van der Waals surface area contributed by atoms with Gasteiger partial charge < -0.3 is 10.2 Å². The minimum Gasteiger partial charge on any atom is -0.354 e. The Labute approximate surface area is 142 Å². The van der Waals surface area contributed by atoms with Gasteiger partial charge >= 0.3 is 0 Å². The van der Waals surface area contributed by atoms with Gasteiger partial charge in [-0.15, -0.1) is 0 Å². The van der Waals surface area contributed by atoms with Gasteiger partial charge in [-0.25, -0.2) is 9.97 Å². The molecule has 7 nitrogen and oxygen atoms in total. The standard InChI is InChI=1S/C17H24N6O/c1-12-16(13(2)22(3)21-12)14-6-4-11-23(14)15(24)7-10-20-17-18-8-5-9-19-17/h5,8-9,14H,4,6-7,10-11H2,1-3H3,(H,18,19,20)/t14-/m1/s1. The van der Waals surface area contributed by atoms with E-state index in [1.165, 1.54) is 5.56 Å². The Bertz CT molecular complexity index is 711. The third-order valence-electron chi connectivity index (χ3n) is 4.66. The highest BCUT2D eigenvalue weighted by Crippen LogP contribution is 2.35. The summed E-state index contributed by atoms with van der Waals surface area (Å²) < 4.78 is 1.90. The van der Waals surface area contributed by atoms with Gasteiger partial charge in [0.1, 0.15) is 0 Å². The first-order chi connectivity index (χ1) is 11.6. The molecule has 0 saturated carbocycles. The predicted octanol–water partition coefficient (Wildman–Crippen LogP) is 1.99. The molecule has 0 unspecified atom stereocenters. The molecule has 2 aromatic rings. The van der Waals surface area contributed by atoms with Crippen molar-refractivity contribution in [2.24, 2.45) is 7.05 Å². The highest BCUT2D eigenvalue weighted by molar-refractivity contribution is 5.77. The number of nitrogens with zero attached hydrogens (tertiary/aromatic N) is 5. The number of aromatic nitrogens is 4. The number of nitrogens with one attached hydrogen (secondary N) is 1. The summed E-state index contributed by atoms with van der Waals surface area (Å²) in [6, 6.07) is 1.92. The van der Waals surface area contributed by atoms with Crippen molar-refractivity contribution < 1.29 is 4.79 Å². The number of hydrogen-bond donors (Lipinski definition) is 1. The Morgan fingerprint density at radius 2 is 2.08 bits per heavy atom. The molecule has 2 aromatic heterocycles. The van der Waals surface area contributed by atoms with E-state index < -0.39 is 0 Å². The van der Waals surface area contributed by atoms with E-state index in [1.54, 1.807) is 18.5 Å². The monoisotopic (exact) mass is 328 g/mol. The molecule has 1 aliphatic heterocycles. The molecular weight excluding hydrogens is 304 g/mol. The van der Waals surface area contributed by atoms with Crippen molar-refractivity contribution in [1.82, 2.24) is 24.6 Å². The van der Waals surface area contributed by atoms with Crippen molar-refractivity contribution in [1.29, 1.82) is 0 Å². The van der Waals surface area contributed by atoms with Gasteiger partial charge in [0.2, 0.25) is 11.9 Å². The second-order valence-electron chi connectivity index (χ2n) is 6.20. The summed E-state index contributed by atoms with van der Waals surface area (Å²) in [6.07, 6.45) is 5.85. The van der Waals surface area contributed by atoms with Gasteiger partial charge in [0.25, 0.3) is 0 Å². The van der Waals surface area contributed by atoms with Crippen molar-refractivity contribution in [3.8, 4) is 0 Å². The summed E-state index contributed by atoms with van der Waals surface area (Å²) in [5, 5.41) is 7.59. The maximum Gasteiger partial charge on any atom is 0.224 e. The van der Waals surface area contributed by atoms with E-state index in [9.17, 15) is 4.79 Å². The summed E-state index contributed by atoms with van der Waals surface area (Å²) in [5.41, 5.74) is 3.38. The molecule has 3 heterocycles. The van der Waals surface area contributed by atoms with Crippen molar-refractivity contribution in [3.05, 3.63) is 35.4 Å². The molecule has 1 saturated heterocycles. The lowest BCUT2D eigenvalue weighted by Gasteiger charge is -2.25. The van der Waals surface area contributed by atoms with Gasteiger partial charge in [0, 0.05) is 50.2 Å². The zero-order valence-corrected chi connectivity index (χ0v) is 14.5. The number of hydrogen-bond acceptors (Lipinski definition) is 5. The van der Waals surface area contributed by atoms with E-state index in [1.807, 2.05) is 23.6 Å². The average molecular weight is 328 g/mol. The van der Waals surface area contributed by atoms with E-state index >= 15 is 0 Å². The average Bonchev–Trinajstić information content (AvgIpc) is 3.13. The van der Waals surface area contributed by atoms with Crippen LogP contribution in [0.3, 0.4) is 0 Å². The topological polar surface area (TPSA) is 75.9 Å². The molecule has 3 rings (SSSR count). The van der Waals surface area contributed by atoms with Gasteiger partial charge in [-0.3, -0.25) is 9.48 Å². The first-order valence-corrected chi connectivity index (χ1v) is 8.38. The normalized spacial score (nSPS) is 17.3. The molecule has 1 amide bonds. The van der Waals surface area contributed by atoms with Crippen LogP contribution in [0, 0.1) is 13.8 Å². The summed E-state index contributed by atoms with van der Waals surface area (Å²) in [7, 11) is 1.96. The molecule has 0 aliphatic carbocycles. The molecule has 128 valence electrons. The maximum atomic E-state index is 12.7. The van der Waals surface area contributed by atoms with Crippen molar-refractivity contribution in [2.75, 3.05) is 18.4 Å². The second-order valence-corrected chi connectivity index (χ2v) is 6.20. The Morgan fingerprint density at radius 1 is 1.33 bits per heavy atom. The van der Waals surface area contributed by atoms with Gasteiger partial charge in [0.05, 0.1) is 11.7 Å². The quantitative estimate of drug-likeness (QED) is 0.908. The van der Waals surface area contributed by atoms with Crippen LogP contribution < -0.4 is 5.32 Å². The fourth-order valence-corrected chi connectivity index (χ4v) is 3.45. The van der Waals surface area contributed by atoms with Crippen LogP contribution in [0.4, 0.5) is 5.95 Å². The number of amides is 1. The van der Waals surface area contributed by atoms with Crippen molar-refractivity contribution >= 4 is 11.9 Å². The molecule has 1 fully saturated rings. The van der Waals surface area contributed by atoms with Crippen LogP contribution in [0.5, 0.6) is 0 Å². The van der Waals surface area contributed by atoms with E-state index in [0.717, 1.165) is 30.8 Å². The molecule has 0 bridgehead atoms. The number of likely N-dealkylation sites (tertiary alicyclic amines) is 1. The van der Waals surface area contributed by atoms with Gasteiger partial charge in [0.15, 0.2) is 0 Å². The number of aryl methyl sites for hydroxylation is 2. The van der Waals surface area contributed by atoms with Crippen LogP contribution in [-0.2, 0) is 11.8 Å². The number of carbonyl (C=O) groups excluding carboxylic acids is 1. The lowest BCUT2D eigenvalue weighted by molar-refractivity contribution is -0.131. The predicted molar refractivity (Wildman–Crippen MR) is 91.5 cm³/mol. The van der Waals surface area contributed by atoms with Crippen molar-refractivity contribution in [2.45, 2.75) is 39.2 Å². The number of anilines is 1. The molecule has 7 heteroatoms. The SMILES string of the molecule is Cc1nn(C)c(C)c1[C@H]1CCCN1C(=O)CCNc1ncccn1. The smallest absolute Gasteiger partial charge is 0.224 e. The third kappa shape index (κ3) is 3.25. The Kier molecular flexibility index (Phi) is 4.78. The molecule has 0 aromatic carbocycles. The Hall–Kier alpha value is -2.44. The molecular formula is C17H24N6O. The minimum absolute atomic E-state index is 0.152. The molecule has 0 radical (unpaired) electrons. The van der Waals surface area contributed by atoms with Crippen LogP contribution >= 0.6 is 0 Å². The van der Waals surface area contributed by atoms with E-state index in [2.05, 4.69) is 27.3 Å². The molecule has 1 aliphatic rings. The van der Waals surface area contributed by atoms with Crippen LogP contribution in [0.1, 0.15) is 42.3 Å². The number of rotatable bonds is 5. The lowest BCUT2D eigenvalue weighted by Crippen LogP contribution is -2.32.